The number of piperidine rings is 1. The van der Waals surface area contributed by atoms with Crippen molar-refractivity contribution in [3.05, 3.63) is 48.4 Å². The molecule has 0 radical (unpaired) electrons. The average molecular weight is 368 g/mol. The van der Waals surface area contributed by atoms with Gasteiger partial charge in [0, 0.05) is 18.6 Å². The summed E-state index contributed by atoms with van der Waals surface area (Å²) in [5, 5.41) is 12.9. The van der Waals surface area contributed by atoms with E-state index in [1.54, 1.807) is 11.2 Å². The SMILES string of the molecule is CCC1CC(Nc2nc3ccccc3n2Cc2ccco2)CCN1C(=O)O. The first kappa shape index (κ1) is 17.5. The number of imidazole rings is 1. The van der Waals surface area contributed by atoms with E-state index in [-0.39, 0.29) is 12.1 Å². The number of amides is 1. The molecule has 0 bridgehead atoms. The number of hydrogen-bond donors (Lipinski definition) is 2. The Morgan fingerprint density at radius 3 is 2.93 bits per heavy atom. The summed E-state index contributed by atoms with van der Waals surface area (Å²) >= 11 is 0. The highest BCUT2D eigenvalue weighted by Gasteiger charge is 2.31. The zero-order chi connectivity index (χ0) is 18.8. The monoisotopic (exact) mass is 368 g/mol. The first-order valence-corrected chi connectivity index (χ1v) is 9.39. The first-order valence-electron chi connectivity index (χ1n) is 9.39. The van der Waals surface area contributed by atoms with Gasteiger partial charge in [0.2, 0.25) is 5.95 Å². The molecule has 1 aromatic carbocycles. The molecule has 2 N–H and O–H groups in total. The Bertz CT molecular complexity index is 919. The number of likely N-dealkylation sites (tertiary alicyclic amines) is 1. The number of rotatable bonds is 5. The number of anilines is 1. The molecule has 142 valence electrons. The summed E-state index contributed by atoms with van der Waals surface area (Å²) < 4.78 is 7.65. The molecule has 1 fully saturated rings. The van der Waals surface area contributed by atoms with Crippen molar-refractivity contribution in [3.8, 4) is 0 Å². The minimum absolute atomic E-state index is 0.0386. The van der Waals surface area contributed by atoms with Crippen molar-refractivity contribution in [2.24, 2.45) is 0 Å². The fourth-order valence-electron chi connectivity index (χ4n) is 3.91. The molecule has 7 heteroatoms. The third kappa shape index (κ3) is 3.49. The Morgan fingerprint density at radius 1 is 1.33 bits per heavy atom. The van der Waals surface area contributed by atoms with E-state index in [0.29, 0.717) is 13.1 Å². The highest BCUT2D eigenvalue weighted by molar-refractivity contribution is 5.78. The summed E-state index contributed by atoms with van der Waals surface area (Å²) in [6.07, 6.45) is 3.22. The van der Waals surface area contributed by atoms with Gasteiger partial charge in [-0.1, -0.05) is 19.1 Å². The number of benzene rings is 1. The van der Waals surface area contributed by atoms with Gasteiger partial charge in [0.1, 0.15) is 5.76 Å². The zero-order valence-corrected chi connectivity index (χ0v) is 15.3. The van der Waals surface area contributed by atoms with Crippen LogP contribution < -0.4 is 5.32 Å². The summed E-state index contributed by atoms with van der Waals surface area (Å²) in [5.41, 5.74) is 1.98. The molecule has 0 spiro atoms. The van der Waals surface area contributed by atoms with Crippen molar-refractivity contribution in [2.45, 2.75) is 44.8 Å². The number of carbonyl (C=O) groups is 1. The van der Waals surface area contributed by atoms with Gasteiger partial charge in [0.05, 0.1) is 23.8 Å². The van der Waals surface area contributed by atoms with Gasteiger partial charge >= 0.3 is 6.09 Å². The van der Waals surface area contributed by atoms with Gasteiger partial charge in [0.25, 0.3) is 0 Å². The number of nitrogens with one attached hydrogen (secondary N) is 1. The molecule has 4 rings (SSSR count). The molecule has 2 unspecified atom stereocenters. The molecule has 1 aliphatic heterocycles. The van der Waals surface area contributed by atoms with Crippen LogP contribution in [0.1, 0.15) is 31.9 Å². The molecule has 2 atom stereocenters. The normalized spacial score (nSPS) is 20.1. The Balaban J connectivity index is 1.59. The molecule has 27 heavy (non-hydrogen) atoms. The average Bonchev–Trinajstić information content (AvgIpc) is 3.30. The number of nitrogens with zero attached hydrogens (tertiary/aromatic N) is 3. The van der Waals surface area contributed by atoms with Gasteiger partial charge in [-0.05, 0) is 43.5 Å². The maximum Gasteiger partial charge on any atom is 0.407 e. The molecule has 3 heterocycles. The highest BCUT2D eigenvalue weighted by Crippen LogP contribution is 2.26. The van der Waals surface area contributed by atoms with E-state index in [4.69, 9.17) is 9.40 Å². The molecule has 2 aromatic heterocycles. The molecule has 1 aliphatic rings. The van der Waals surface area contributed by atoms with E-state index < -0.39 is 6.09 Å². The molecule has 0 saturated carbocycles. The summed E-state index contributed by atoms with van der Waals surface area (Å²) in [5.74, 6) is 1.67. The Morgan fingerprint density at radius 2 is 2.19 bits per heavy atom. The van der Waals surface area contributed by atoms with E-state index in [0.717, 1.165) is 42.0 Å². The van der Waals surface area contributed by atoms with Crippen molar-refractivity contribution in [2.75, 3.05) is 11.9 Å². The zero-order valence-electron chi connectivity index (χ0n) is 15.3. The van der Waals surface area contributed by atoms with Crippen LogP contribution in [-0.4, -0.2) is 44.3 Å². The Labute approximate surface area is 157 Å². The van der Waals surface area contributed by atoms with Crippen LogP contribution in [0.5, 0.6) is 0 Å². The molecular weight excluding hydrogens is 344 g/mol. The van der Waals surface area contributed by atoms with Gasteiger partial charge < -0.3 is 24.3 Å². The van der Waals surface area contributed by atoms with Crippen LogP contribution in [0.4, 0.5) is 10.7 Å². The number of para-hydroxylation sites is 2. The van der Waals surface area contributed by atoms with E-state index in [2.05, 4.69) is 16.0 Å². The minimum atomic E-state index is -0.828. The lowest BCUT2D eigenvalue weighted by atomic mass is 9.96. The van der Waals surface area contributed by atoms with Crippen molar-refractivity contribution < 1.29 is 14.3 Å². The van der Waals surface area contributed by atoms with Crippen LogP contribution in [0.15, 0.2) is 47.1 Å². The fourth-order valence-corrected chi connectivity index (χ4v) is 3.91. The molecular formula is C20H24N4O3. The van der Waals surface area contributed by atoms with Gasteiger partial charge in [0.15, 0.2) is 0 Å². The minimum Gasteiger partial charge on any atom is -0.467 e. The predicted octanol–water partition coefficient (Wildman–Crippen LogP) is 4.01. The van der Waals surface area contributed by atoms with Crippen LogP contribution >= 0.6 is 0 Å². The standard InChI is InChI=1S/C20H24N4O3/c1-2-15-12-14(9-10-23(15)20(25)26)21-19-22-17-7-3-4-8-18(17)24(19)13-16-6-5-11-27-16/h3-8,11,14-15H,2,9-10,12-13H2,1H3,(H,21,22)(H,25,26). The number of hydrogen-bond acceptors (Lipinski definition) is 4. The molecule has 0 aliphatic carbocycles. The predicted molar refractivity (Wildman–Crippen MR) is 103 cm³/mol. The Hall–Kier alpha value is -2.96. The first-order chi connectivity index (χ1) is 13.2. The fraction of sp³-hybridized carbons (Fsp3) is 0.400. The number of aromatic nitrogens is 2. The summed E-state index contributed by atoms with van der Waals surface area (Å²) in [4.78, 5) is 17.7. The lowest BCUT2D eigenvalue weighted by Gasteiger charge is -2.37. The third-order valence-corrected chi connectivity index (χ3v) is 5.31. The van der Waals surface area contributed by atoms with Crippen molar-refractivity contribution in [1.29, 1.82) is 0 Å². The van der Waals surface area contributed by atoms with E-state index >= 15 is 0 Å². The maximum absolute atomic E-state index is 11.4. The summed E-state index contributed by atoms with van der Waals surface area (Å²) in [6.45, 7) is 3.18. The van der Waals surface area contributed by atoms with Crippen LogP contribution in [0, 0.1) is 0 Å². The van der Waals surface area contributed by atoms with E-state index in [1.165, 1.54) is 0 Å². The van der Waals surface area contributed by atoms with Gasteiger partial charge in [-0.25, -0.2) is 9.78 Å². The van der Waals surface area contributed by atoms with Crippen molar-refractivity contribution >= 4 is 23.1 Å². The van der Waals surface area contributed by atoms with Gasteiger partial charge in [-0.3, -0.25) is 0 Å². The maximum atomic E-state index is 11.4. The van der Waals surface area contributed by atoms with Crippen molar-refractivity contribution in [3.63, 3.8) is 0 Å². The van der Waals surface area contributed by atoms with Crippen molar-refractivity contribution in [1.82, 2.24) is 14.5 Å². The molecule has 1 amide bonds. The van der Waals surface area contributed by atoms with Crippen LogP contribution in [0.25, 0.3) is 11.0 Å². The van der Waals surface area contributed by atoms with Crippen LogP contribution in [0.2, 0.25) is 0 Å². The van der Waals surface area contributed by atoms with Crippen LogP contribution in [0.3, 0.4) is 0 Å². The lowest BCUT2D eigenvalue weighted by Crippen LogP contribution is -2.48. The number of carboxylic acid groups (broad SMARTS) is 1. The second-order valence-corrected chi connectivity index (χ2v) is 6.99. The Kier molecular flexibility index (Phi) is 4.75. The molecule has 7 nitrogen and oxygen atoms in total. The van der Waals surface area contributed by atoms with E-state index in [9.17, 15) is 9.90 Å². The topological polar surface area (TPSA) is 83.5 Å². The summed E-state index contributed by atoms with van der Waals surface area (Å²) in [7, 11) is 0. The number of fused-ring (bicyclic) bond motifs is 1. The summed E-state index contributed by atoms with van der Waals surface area (Å²) in [6, 6.07) is 12.1. The molecule has 3 aromatic rings. The highest BCUT2D eigenvalue weighted by atomic mass is 16.4. The second kappa shape index (κ2) is 7.34. The molecule has 1 saturated heterocycles. The lowest BCUT2D eigenvalue weighted by molar-refractivity contribution is 0.102. The van der Waals surface area contributed by atoms with Gasteiger partial charge in [-0.2, -0.15) is 0 Å². The number of furan rings is 1. The van der Waals surface area contributed by atoms with E-state index in [1.807, 2.05) is 37.3 Å². The third-order valence-electron chi connectivity index (χ3n) is 5.31. The second-order valence-electron chi connectivity index (χ2n) is 6.99. The smallest absolute Gasteiger partial charge is 0.407 e. The largest absolute Gasteiger partial charge is 0.467 e. The van der Waals surface area contributed by atoms with Crippen LogP contribution in [-0.2, 0) is 6.54 Å². The quantitative estimate of drug-likeness (QED) is 0.711. The van der Waals surface area contributed by atoms with Gasteiger partial charge in [-0.15, -0.1) is 0 Å².